The SMILES string of the molecule is C=C1CC/C(=C/C=C2\CCC[C@@]3(C4=CC4)C2CCC3[C@@H](C)CC(F)F)C[C@H]1O. The molecule has 0 saturated heterocycles. The first-order valence-corrected chi connectivity index (χ1v) is 11.1. The van der Waals surface area contributed by atoms with Crippen molar-refractivity contribution in [1.29, 1.82) is 0 Å². The molecule has 0 aromatic carbocycles. The van der Waals surface area contributed by atoms with Crippen LogP contribution < -0.4 is 0 Å². The predicted octanol–water partition coefficient (Wildman–Crippen LogP) is 6.76. The van der Waals surface area contributed by atoms with E-state index in [1.165, 1.54) is 24.0 Å². The van der Waals surface area contributed by atoms with Crippen LogP contribution in [0.15, 0.2) is 47.1 Å². The van der Waals surface area contributed by atoms with Gasteiger partial charge >= 0.3 is 0 Å². The summed E-state index contributed by atoms with van der Waals surface area (Å²) >= 11 is 0. The molecule has 0 aliphatic heterocycles. The van der Waals surface area contributed by atoms with Gasteiger partial charge in [0.2, 0.25) is 6.43 Å². The minimum atomic E-state index is -2.20. The number of hydrogen-bond acceptors (Lipinski definition) is 1. The minimum Gasteiger partial charge on any atom is -0.388 e. The topological polar surface area (TPSA) is 20.2 Å². The molecule has 4 rings (SSSR count). The third-order valence-corrected chi connectivity index (χ3v) is 8.02. The van der Waals surface area contributed by atoms with Crippen LogP contribution in [0.4, 0.5) is 8.78 Å². The zero-order valence-electron chi connectivity index (χ0n) is 17.1. The molecule has 0 bridgehead atoms. The van der Waals surface area contributed by atoms with E-state index in [0.29, 0.717) is 18.3 Å². The van der Waals surface area contributed by atoms with Gasteiger partial charge in [-0.25, -0.2) is 8.78 Å². The molecule has 3 fully saturated rings. The Morgan fingerprint density at radius 1 is 1.25 bits per heavy atom. The summed E-state index contributed by atoms with van der Waals surface area (Å²) < 4.78 is 26.2. The highest BCUT2D eigenvalue weighted by Gasteiger charge is 2.57. The lowest BCUT2D eigenvalue weighted by atomic mass is 9.58. The van der Waals surface area contributed by atoms with Gasteiger partial charge in [0.05, 0.1) is 6.10 Å². The van der Waals surface area contributed by atoms with Gasteiger partial charge in [-0.3, -0.25) is 0 Å². The zero-order chi connectivity index (χ0) is 19.9. The Bertz CT molecular complexity index is 716. The standard InChI is InChI=1S/C25H34F2O/c1-16-5-6-18(15-23(16)28)7-8-19-4-3-13-25(20-9-10-20)21(11-12-22(19)25)17(2)14-24(26)27/h7-9,17,21-24,28H,1,3-6,10-15H2,2H3/b18-7-,19-8+/t17-,21?,22?,23+,25-/m0/s1. The second-order valence-electron chi connectivity index (χ2n) is 9.61. The molecule has 4 aliphatic rings. The van der Waals surface area contributed by atoms with E-state index in [1.807, 2.05) is 0 Å². The smallest absolute Gasteiger partial charge is 0.238 e. The third kappa shape index (κ3) is 3.67. The molecule has 0 amide bonds. The van der Waals surface area contributed by atoms with Crippen LogP contribution in [0.2, 0.25) is 0 Å². The molecule has 2 unspecified atom stereocenters. The second kappa shape index (κ2) is 7.89. The molecular weight excluding hydrogens is 354 g/mol. The van der Waals surface area contributed by atoms with Gasteiger partial charge in [-0.05, 0) is 81.1 Å². The van der Waals surface area contributed by atoms with E-state index in [2.05, 4.69) is 31.7 Å². The minimum absolute atomic E-state index is 0.0390. The highest BCUT2D eigenvalue weighted by atomic mass is 19.3. The van der Waals surface area contributed by atoms with E-state index in [4.69, 9.17) is 0 Å². The van der Waals surface area contributed by atoms with Gasteiger partial charge in [0, 0.05) is 11.8 Å². The summed E-state index contributed by atoms with van der Waals surface area (Å²) in [5.74, 6) is 1.01. The summed E-state index contributed by atoms with van der Waals surface area (Å²) in [6.07, 6.45) is 13.8. The largest absolute Gasteiger partial charge is 0.388 e. The van der Waals surface area contributed by atoms with Crippen LogP contribution in [0.25, 0.3) is 0 Å². The van der Waals surface area contributed by atoms with Crippen LogP contribution >= 0.6 is 0 Å². The number of aliphatic hydroxyl groups is 1. The van der Waals surface area contributed by atoms with Gasteiger partial charge in [0.1, 0.15) is 0 Å². The first-order chi connectivity index (χ1) is 13.4. The van der Waals surface area contributed by atoms with E-state index >= 15 is 0 Å². The number of halogens is 2. The number of fused-ring (bicyclic) bond motifs is 1. The van der Waals surface area contributed by atoms with Gasteiger partial charge in [0.15, 0.2) is 0 Å². The molecule has 0 heterocycles. The lowest BCUT2D eigenvalue weighted by Gasteiger charge is -2.46. The van der Waals surface area contributed by atoms with Gasteiger partial charge in [-0.2, -0.15) is 0 Å². The summed E-state index contributed by atoms with van der Waals surface area (Å²) in [7, 11) is 0. The maximum Gasteiger partial charge on any atom is 0.238 e. The highest BCUT2D eigenvalue weighted by Crippen LogP contribution is 2.66. The molecule has 0 aromatic rings. The monoisotopic (exact) mass is 388 g/mol. The molecule has 4 aliphatic carbocycles. The van der Waals surface area contributed by atoms with Gasteiger partial charge in [0.25, 0.3) is 0 Å². The van der Waals surface area contributed by atoms with Gasteiger partial charge < -0.3 is 5.11 Å². The molecule has 3 saturated carbocycles. The Hall–Kier alpha value is -1.22. The van der Waals surface area contributed by atoms with Crippen molar-refractivity contribution < 1.29 is 13.9 Å². The number of hydrogen-bond donors (Lipinski definition) is 1. The number of aliphatic hydroxyl groups excluding tert-OH is 1. The molecule has 0 radical (unpaired) electrons. The highest BCUT2D eigenvalue weighted by molar-refractivity contribution is 5.39. The fourth-order valence-corrected chi connectivity index (χ4v) is 6.60. The Balaban J connectivity index is 1.57. The van der Waals surface area contributed by atoms with Crippen molar-refractivity contribution in [3.8, 4) is 0 Å². The summed E-state index contributed by atoms with van der Waals surface area (Å²) in [5.41, 5.74) is 5.50. The Morgan fingerprint density at radius 2 is 2.04 bits per heavy atom. The molecular formula is C25H34F2O. The molecule has 0 spiro atoms. The summed E-state index contributed by atoms with van der Waals surface area (Å²) in [4.78, 5) is 0. The molecule has 5 atom stereocenters. The quantitative estimate of drug-likeness (QED) is 0.516. The van der Waals surface area contributed by atoms with Crippen molar-refractivity contribution in [3.05, 3.63) is 47.1 Å². The number of rotatable bonds is 5. The van der Waals surface area contributed by atoms with Crippen LogP contribution in [0, 0.1) is 23.2 Å². The molecule has 1 N–H and O–H groups in total. The molecule has 154 valence electrons. The van der Waals surface area contributed by atoms with Gasteiger partial charge in [-0.15, -0.1) is 0 Å². The lowest BCUT2D eigenvalue weighted by Crippen LogP contribution is -2.38. The average molecular weight is 389 g/mol. The fourth-order valence-electron chi connectivity index (χ4n) is 6.60. The molecule has 28 heavy (non-hydrogen) atoms. The van der Waals surface area contributed by atoms with Crippen molar-refractivity contribution in [2.45, 2.75) is 83.7 Å². The fraction of sp³-hybridized carbons (Fsp3) is 0.680. The van der Waals surface area contributed by atoms with Crippen molar-refractivity contribution in [2.24, 2.45) is 23.2 Å². The lowest BCUT2D eigenvalue weighted by molar-refractivity contribution is 0.0637. The summed E-state index contributed by atoms with van der Waals surface area (Å²) in [6, 6.07) is 0. The van der Waals surface area contributed by atoms with Crippen LogP contribution in [-0.2, 0) is 0 Å². The van der Waals surface area contributed by atoms with E-state index < -0.39 is 12.5 Å². The first kappa shape index (κ1) is 20.1. The summed E-state index contributed by atoms with van der Waals surface area (Å²) in [6.45, 7) is 6.01. The normalized spacial score (nSPS) is 39.4. The maximum absolute atomic E-state index is 13.1. The second-order valence-corrected chi connectivity index (χ2v) is 9.61. The van der Waals surface area contributed by atoms with Crippen molar-refractivity contribution in [1.82, 2.24) is 0 Å². The van der Waals surface area contributed by atoms with Crippen molar-refractivity contribution in [3.63, 3.8) is 0 Å². The summed E-state index contributed by atoms with van der Waals surface area (Å²) in [5, 5.41) is 10.1. The first-order valence-electron chi connectivity index (χ1n) is 11.1. The van der Waals surface area contributed by atoms with E-state index in [0.717, 1.165) is 44.1 Å². The van der Waals surface area contributed by atoms with Crippen LogP contribution in [-0.4, -0.2) is 17.6 Å². The van der Waals surface area contributed by atoms with E-state index in [9.17, 15) is 13.9 Å². The van der Waals surface area contributed by atoms with E-state index in [1.54, 1.807) is 5.57 Å². The van der Waals surface area contributed by atoms with Crippen molar-refractivity contribution >= 4 is 0 Å². The van der Waals surface area contributed by atoms with Gasteiger partial charge in [-0.1, -0.05) is 48.5 Å². The zero-order valence-corrected chi connectivity index (χ0v) is 17.1. The maximum atomic E-state index is 13.1. The molecule has 3 heteroatoms. The Labute approximate surface area is 168 Å². The number of allylic oxidation sites excluding steroid dienone is 5. The third-order valence-electron chi connectivity index (χ3n) is 8.02. The average Bonchev–Trinajstić information content (AvgIpc) is 3.43. The van der Waals surface area contributed by atoms with Crippen LogP contribution in [0.5, 0.6) is 0 Å². The Kier molecular flexibility index (Phi) is 5.66. The number of alkyl halides is 2. The van der Waals surface area contributed by atoms with Crippen molar-refractivity contribution in [2.75, 3.05) is 0 Å². The van der Waals surface area contributed by atoms with E-state index in [-0.39, 0.29) is 17.8 Å². The molecule has 0 aromatic heterocycles. The molecule has 1 nitrogen and oxygen atoms in total. The predicted molar refractivity (Wildman–Crippen MR) is 110 cm³/mol. The Morgan fingerprint density at radius 3 is 2.71 bits per heavy atom. The van der Waals surface area contributed by atoms with Crippen LogP contribution in [0.1, 0.15) is 71.1 Å². The van der Waals surface area contributed by atoms with Crippen LogP contribution in [0.3, 0.4) is 0 Å².